The topological polar surface area (TPSA) is 25.8 Å². The van der Waals surface area contributed by atoms with E-state index in [1.54, 1.807) is 22.7 Å². The fourth-order valence-electron chi connectivity index (χ4n) is 5.01. The predicted molar refractivity (Wildman–Crippen MR) is 138 cm³/mol. The number of fused-ring (bicyclic) bond motifs is 7. The molecule has 0 atom stereocenters. The maximum absolute atomic E-state index is 5.25. The second kappa shape index (κ2) is 7.22. The monoisotopic (exact) mass is 448 g/mol. The largest absolute Gasteiger partial charge is 0.249 e. The Balaban J connectivity index is 1.61. The molecular formula is C28H20N2S2. The van der Waals surface area contributed by atoms with Gasteiger partial charge in [0.05, 0.1) is 22.4 Å². The first-order valence-electron chi connectivity index (χ1n) is 11.1. The second-order valence-corrected chi connectivity index (χ2v) is 10.4. The van der Waals surface area contributed by atoms with Crippen LogP contribution in [-0.4, -0.2) is 9.97 Å². The highest BCUT2D eigenvalue weighted by Gasteiger charge is 2.18. The molecule has 1 aliphatic carbocycles. The van der Waals surface area contributed by atoms with Gasteiger partial charge in [-0.25, -0.2) is 9.97 Å². The highest BCUT2D eigenvalue weighted by molar-refractivity contribution is 7.13. The van der Waals surface area contributed by atoms with E-state index in [0.717, 1.165) is 23.9 Å². The van der Waals surface area contributed by atoms with Crippen LogP contribution in [0.2, 0.25) is 0 Å². The minimum Gasteiger partial charge on any atom is -0.249 e. The molecule has 6 aromatic rings. The molecule has 0 bridgehead atoms. The molecule has 0 fully saturated rings. The van der Waals surface area contributed by atoms with Crippen molar-refractivity contribution in [3.8, 4) is 20.9 Å². The zero-order chi connectivity index (χ0) is 21.1. The second-order valence-electron chi connectivity index (χ2n) is 8.50. The summed E-state index contributed by atoms with van der Waals surface area (Å²) in [5, 5.41) is 9.22. The summed E-state index contributed by atoms with van der Waals surface area (Å²) in [4.78, 5) is 13.1. The minimum atomic E-state index is 1.04. The van der Waals surface area contributed by atoms with Crippen LogP contribution in [0.15, 0.2) is 71.4 Å². The first-order valence-corrected chi connectivity index (χ1v) is 12.9. The van der Waals surface area contributed by atoms with Crippen LogP contribution in [0, 0.1) is 0 Å². The molecule has 4 heteroatoms. The molecule has 0 amide bonds. The van der Waals surface area contributed by atoms with Gasteiger partial charge in [-0.3, -0.25) is 0 Å². The van der Waals surface area contributed by atoms with E-state index in [0.29, 0.717) is 0 Å². The van der Waals surface area contributed by atoms with Gasteiger partial charge in [-0.15, -0.1) is 22.7 Å². The number of hydrogen-bond donors (Lipinski definition) is 0. The van der Waals surface area contributed by atoms with Crippen molar-refractivity contribution in [3.05, 3.63) is 82.8 Å². The van der Waals surface area contributed by atoms with Crippen LogP contribution < -0.4 is 0 Å². The summed E-state index contributed by atoms with van der Waals surface area (Å²) in [6.45, 7) is 0. The van der Waals surface area contributed by atoms with Crippen molar-refractivity contribution in [3.63, 3.8) is 0 Å². The Morgan fingerprint density at radius 2 is 1.06 bits per heavy atom. The number of aromatic nitrogens is 2. The molecule has 0 aliphatic heterocycles. The standard InChI is InChI=1S/C28H20N2S2/c1-2-6-24-23(5-1)29-27-21-15-17(25-7-3-13-31-25)9-11-19(21)20-12-10-18(26-8-4-14-32-26)16-22(20)28(27)30-24/h3-4,7-16H,1-2,5-6H2. The molecule has 0 unspecified atom stereocenters. The normalized spacial score (nSPS) is 13.8. The Morgan fingerprint density at radius 3 is 1.50 bits per heavy atom. The first-order chi connectivity index (χ1) is 15.8. The molecule has 2 nitrogen and oxygen atoms in total. The average molecular weight is 449 g/mol. The summed E-state index contributed by atoms with van der Waals surface area (Å²) in [7, 11) is 0. The van der Waals surface area contributed by atoms with Crippen LogP contribution in [0.4, 0.5) is 0 Å². The van der Waals surface area contributed by atoms with E-state index < -0.39 is 0 Å². The van der Waals surface area contributed by atoms with E-state index in [9.17, 15) is 0 Å². The number of hydrogen-bond acceptors (Lipinski definition) is 4. The highest BCUT2D eigenvalue weighted by atomic mass is 32.1. The average Bonchev–Trinajstić information content (AvgIpc) is 3.57. The van der Waals surface area contributed by atoms with E-state index in [-0.39, 0.29) is 0 Å². The molecule has 0 N–H and O–H groups in total. The lowest BCUT2D eigenvalue weighted by atomic mass is 9.94. The predicted octanol–water partition coefficient (Wildman–Crippen LogP) is 8.27. The van der Waals surface area contributed by atoms with E-state index in [1.165, 1.54) is 66.7 Å². The van der Waals surface area contributed by atoms with Gasteiger partial charge >= 0.3 is 0 Å². The van der Waals surface area contributed by atoms with Crippen LogP contribution >= 0.6 is 22.7 Å². The quantitative estimate of drug-likeness (QED) is 0.249. The van der Waals surface area contributed by atoms with Crippen LogP contribution in [0.3, 0.4) is 0 Å². The van der Waals surface area contributed by atoms with E-state index in [1.807, 2.05) is 0 Å². The van der Waals surface area contributed by atoms with E-state index in [2.05, 4.69) is 71.4 Å². The lowest BCUT2D eigenvalue weighted by molar-refractivity contribution is 0.655. The van der Waals surface area contributed by atoms with Crippen molar-refractivity contribution in [2.24, 2.45) is 0 Å². The van der Waals surface area contributed by atoms with Crippen molar-refractivity contribution in [2.45, 2.75) is 25.7 Å². The Hall–Kier alpha value is -3.08. The third kappa shape index (κ3) is 2.83. The Kier molecular flexibility index (Phi) is 4.17. The van der Waals surface area contributed by atoms with Crippen molar-refractivity contribution in [2.75, 3.05) is 0 Å². The van der Waals surface area contributed by atoms with Crippen molar-refractivity contribution >= 4 is 55.3 Å². The lowest BCUT2D eigenvalue weighted by Crippen LogP contribution is -2.08. The Morgan fingerprint density at radius 1 is 0.562 bits per heavy atom. The van der Waals surface area contributed by atoms with Gasteiger partial charge in [-0.1, -0.05) is 36.4 Å². The third-order valence-corrected chi connectivity index (χ3v) is 8.42. The first kappa shape index (κ1) is 18.5. The number of aryl methyl sites for hydroxylation is 2. The van der Waals surface area contributed by atoms with Crippen molar-refractivity contribution in [1.82, 2.24) is 9.97 Å². The molecule has 0 saturated heterocycles. The summed E-state index contributed by atoms with van der Waals surface area (Å²) in [6, 6.07) is 22.3. The van der Waals surface area contributed by atoms with Gasteiger partial charge in [0, 0.05) is 20.5 Å². The van der Waals surface area contributed by atoms with E-state index in [4.69, 9.17) is 9.97 Å². The fraction of sp³-hybridized carbons (Fsp3) is 0.143. The molecule has 0 radical (unpaired) electrons. The third-order valence-electron chi connectivity index (χ3n) is 6.58. The molecule has 154 valence electrons. The van der Waals surface area contributed by atoms with Gasteiger partial charge in [-0.05, 0) is 82.6 Å². The summed E-state index contributed by atoms with van der Waals surface area (Å²) in [5.74, 6) is 0. The molecular weight excluding hydrogens is 428 g/mol. The van der Waals surface area contributed by atoms with Crippen LogP contribution in [-0.2, 0) is 12.8 Å². The number of benzene rings is 3. The van der Waals surface area contributed by atoms with Gasteiger partial charge in [0.1, 0.15) is 0 Å². The number of thiophene rings is 2. The maximum atomic E-state index is 5.25. The van der Waals surface area contributed by atoms with Gasteiger partial charge in [-0.2, -0.15) is 0 Å². The van der Waals surface area contributed by atoms with Gasteiger partial charge in [0.2, 0.25) is 0 Å². The summed E-state index contributed by atoms with van der Waals surface area (Å²) in [6.07, 6.45) is 4.50. The molecule has 0 spiro atoms. The smallest absolute Gasteiger partial charge is 0.0975 e. The molecule has 32 heavy (non-hydrogen) atoms. The molecule has 7 rings (SSSR count). The van der Waals surface area contributed by atoms with Gasteiger partial charge in [0.15, 0.2) is 0 Å². The SMILES string of the molecule is c1csc(-c2ccc3c4ccc(-c5cccs5)cc4c4nc5c(nc4c3c2)CCCC5)c1. The molecule has 0 saturated carbocycles. The molecule has 3 aromatic heterocycles. The van der Waals surface area contributed by atoms with E-state index >= 15 is 0 Å². The Bertz CT molecular complexity index is 1490. The van der Waals surface area contributed by atoms with Crippen molar-refractivity contribution < 1.29 is 0 Å². The summed E-state index contributed by atoms with van der Waals surface area (Å²) >= 11 is 3.56. The summed E-state index contributed by atoms with van der Waals surface area (Å²) < 4.78 is 0. The Labute approximate surface area is 194 Å². The number of nitrogens with zero attached hydrogens (tertiary/aromatic N) is 2. The summed E-state index contributed by atoms with van der Waals surface area (Å²) in [5.41, 5.74) is 7.00. The van der Waals surface area contributed by atoms with Crippen LogP contribution in [0.1, 0.15) is 24.2 Å². The van der Waals surface area contributed by atoms with Gasteiger partial charge in [0.25, 0.3) is 0 Å². The zero-order valence-corrected chi connectivity index (χ0v) is 19.1. The van der Waals surface area contributed by atoms with Gasteiger partial charge < -0.3 is 0 Å². The number of rotatable bonds is 2. The zero-order valence-electron chi connectivity index (χ0n) is 17.5. The van der Waals surface area contributed by atoms with Crippen LogP contribution in [0.5, 0.6) is 0 Å². The van der Waals surface area contributed by atoms with Crippen LogP contribution in [0.25, 0.3) is 53.5 Å². The highest BCUT2D eigenvalue weighted by Crippen LogP contribution is 2.39. The lowest BCUT2D eigenvalue weighted by Gasteiger charge is -2.17. The minimum absolute atomic E-state index is 1.04. The molecule has 1 aliphatic rings. The molecule has 3 heterocycles. The molecule has 3 aromatic carbocycles. The maximum Gasteiger partial charge on any atom is 0.0975 e. The fourth-order valence-corrected chi connectivity index (χ4v) is 6.46. The van der Waals surface area contributed by atoms with Crippen molar-refractivity contribution in [1.29, 1.82) is 0 Å².